The quantitative estimate of drug-likeness (QED) is 0.602. The predicted molar refractivity (Wildman–Crippen MR) is 64.4 cm³/mol. The van der Waals surface area contributed by atoms with Gasteiger partial charge in [0.15, 0.2) is 0 Å². The number of nitriles is 1. The van der Waals surface area contributed by atoms with Crippen molar-refractivity contribution in [2.75, 3.05) is 5.32 Å². The minimum atomic E-state index is 0.398. The molecule has 0 fully saturated rings. The molecule has 1 aromatic heterocycles. The second kappa shape index (κ2) is 6.09. The van der Waals surface area contributed by atoms with E-state index in [1.807, 2.05) is 6.07 Å². The first-order valence-corrected chi connectivity index (χ1v) is 4.60. The molecule has 1 rings (SSSR count). The van der Waals surface area contributed by atoms with Crippen molar-refractivity contribution in [1.82, 2.24) is 4.98 Å². The highest BCUT2D eigenvalue weighted by atomic mass is 15.2. The van der Waals surface area contributed by atoms with Gasteiger partial charge in [-0.25, -0.2) is 15.0 Å². The molecule has 0 aliphatic heterocycles. The van der Waals surface area contributed by atoms with E-state index in [0.29, 0.717) is 17.3 Å². The van der Waals surface area contributed by atoms with Crippen LogP contribution in [0.15, 0.2) is 41.1 Å². The van der Waals surface area contributed by atoms with Crippen LogP contribution < -0.4 is 5.32 Å². The Hall–Kier alpha value is -2.48. The molecule has 0 aromatic carbocycles. The summed E-state index contributed by atoms with van der Waals surface area (Å²) in [6, 6.07) is 5.34. The third kappa shape index (κ3) is 3.35. The van der Waals surface area contributed by atoms with E-state index in [-0.39, 0.29) is 0 Å². The van der Waals surface area contributed by atoms with Crippen LogP contribution in [-0.2, 0) is 0 Å². The van der Waals surface area contributed by atoms with Crippen molar-refractivity contribution in [1.29, 1.82) is 5.26 Å². The van der Waals surface area contributed by atoms with E-state index >= 15 is 0 Å². The van der Waals surface area contributed by atoms with Gasteiger partial charge in [-0.15, -0.1) is 0 Å². The zero-order valence-electron chi connectivity index (χ0n) is 8.88. The number of pyridine rings is 1. The van der Waals surface area contributed by atoms with Gasteiger partial charge in [-0.05, 0) is 19.1 Å². The Morgan fingerprint density at radius 3 is 2.94 bits per heavy atom. The molecule has 0 aliphatic carbocycles. The van der Waals surface area contributed by atoms with Crippen LogP contribution in [-0.4, -0.2) is 17.2 Å². The highest BCUT2D eigenvalue weighted by Crippen LogP contribution is 2.04. The number of nitrogens with zero attached hydrogens (tertiary/aromatic N) is 4. The van der Waals surface area contributed by atoms with Gasteiger partial charge in [0.2, 0.25) is 5.96 Å². The third-order valence-electron chi connectivity index (χ3n) is 1.60. The summed E-state index contributed by atoms with van der Waals surface area (Å²) in [5.74, 6) is 0.972. The van der Waals surface area contributed by atoms with E-state index < -0.39 is 0 Å². The molecule has 1 heterocycles. The number of anilines is 1. The minimum Gasteiger partial charge on any atom is -0.309 e. The SMILES string of the molecule is C=CN=C(N=CC)Nc1ccc(C#N)cn1. The maximum absolute atomic E-state index is 8.61. The van der Waals surface area contributed by atoms with Gasteiger partial charge in [0, 0.05) is 18.6 Å². The lowest BCUT2D eigenvalue weighted by Crippen LogP contribution is -2.10. The molecule has 5 heteroatoms. The zero-order chi connectivity index (χ0) is 11.8. The van der Waals surface area contributed by atoms with Crippen LogP contribution >= 0.6 is 0 Å². The maximum atomic E-state index is 8.61. The van der Waals surface area contributed by atoms with Gasteiger partial charge in [0.25, 0.3) is 0 Å². The predicted octanol–water partition coefficient (Wildman–Crippen LogP) is 1.96. The van der Waals surface area contributed by atoms with E-state index in [2.05, 4.69) is 26.9 Å². The number of nitrogens with one attached hydrogen (secondary N) is 1. The molecule has 0 radical (unpaired) electrons. The van der Waals surface area contributed by atoms with Crippen molar-refractivity contribution in [3.8, 4) is 6.07 Å². The van der Waals surface area contributed by atoms with Gasteiger partial charge in [-0.1, -0.05) is 6.58 Å². The zero-order valence-corrected chi connectivity index (χ0v) is 8.88. The first kappa shape index (κ1) is 11.6. The van der Waals surface area contributed by atoms with Crippen LogP contribution in [0, 0.1) is 11.3 Å². The smallest absolute Gasteiger partial charge is 0.227 e. The van der Waals surface area contributed by atoms with E-state index in [0.717, 1.165) is 0 Å². The molecular weight excluding hydrogens is 202 g/mol. The normalized spacial score (nSPS) is 11.1. The second-order valence-corrected chi connectivity index (χ2v) is 2.69. The molecule has 0 spiro atoms. The maximum Gasteiger partial charge on any atom is 0.227 e. The van der Waals surface area contributed by atoms with E-state index in [1.165, 1.54) is 12.4 Å². The summed E-state index contributed by atoms with van der Waals surface area (Å²) in [4.78, 5) is 11.9. The number of hydrogen-bond donors (Lipinski definition) is 1. The molecule has 1 N–H and O–H groups in total. The number of rotatable bonds is 2. The van der Waals surface area contributed by atoms with Crippen molar-refractivity contribution in [2.45, 2.75) is 6.92 Å². The van der Waals surface area contributed by atoms with E-state index in [1.54, 1.807) is 25.3 Å². The molecule has 80 valence electrons. The summed E-state index contributed by atoms with van der Waals surface area (Å²) < 4.78 is 0. The van der Waals surface area contributed by atoms with Gasteiger partial charge >= 0.3 is 0 Å². The molecule has 1 aromatic rings. The molecule has 0 atom stereocenters. The number of aromatic nitrogens is 1. The molecule has 0 unspecified atom stereocenters. The average Bonchev–Trinajstić information content (AvgIpc) is 2.31. The second-order valence-electron chi connectivity index (χ2n) is 2.69. The molecule has 0 aliphatic rings. The van der Waals surface area contributed by atoms with Crippen molar-refractivity contribution < 1.29 is 0 Å². The molecule has 0 bridgehead atoms. The third-order valence-corrected chi connectivity index (χ3v) is 1.60. The van der Waals surface area contributed by atoms with Crippen LogP contribution in [0.1, 0.15) is 12.5 Å². The molecule has 0 saturated heterocycles. The summed E-state index contributed by atoms with van der Waals surface area (Å²) in [7, 11) is 0. The monoisotopic (exact) mass is 213 g/mol. The van der Waals surface area contributed by atoms with Crippen LogP contribution in [0.5, 0.6) is 0 Å². The standard InChI is InChI=1S/C11H11N5/c1-3-13-11(14-4-2)16-10-6-5-9(7-12)8-15-10/h3-6,8H,1H2,2H3,(H,13,15,16). The Labute approximate surface area is 93.9 Å². The fraction of sp³-hybridized carbons (Fsp3) is 0.0909. The van der Waals surface area contributed by atoms with E-state index in [9.17, 15) is 0 Å². The molecular formula is C11H11N5. The van der Waals surface area contributed by atoms with Crippen molar-refractivity contribution in [3.05, 3.63) is 36.7 Å². The Bertz CT molecular complexity index is 450. The number of hydrogen-bond acceptors (Lipinski definition) is 3. The lowest BCUT2D eigenvalue weighted by atomic mass is 10.3. The molecule has 0 amide bonds. The molecule has 16 heavy (non-hydrogen) atoms. The number of aliphatic imine (C=N–C) groups is 2. The summed E-state index contributed by atoms with van der Waals surface area (Å²) >= 11 is 0. The summed E-state index contributed by atoms with van der Waals surface area (Å²) in [5, 5.41) is 11.5. The Morgan fingerprint density at radius 1 is 1.62 bits per heavy atom. The Kier molecular flexibility index (Phi) is 4.41. The van der Waals surface area contributed by atoms with Crippen LogP contribution in [0.4, 0.5) is 5.82 Å². The van der Waals surface area contributed by atoms with Crippen molar-refractivity contribution in [3.63, 3.8) is 0 Å². The van der Waals surface area contributed by atoms with Crippen molar-refractivity contribution in [2.24, 2.45) is 9.98 Å². The fourth-order valence-corrected chi connectivity index (χ4v) is 0.955. The Morgan fingerprint density at radius 2 is 2.44 bits per heavy atom. The summed E-state index contributed by atoms with van der Waals surface area (Å²) in [6.07, 6.45) is 4.47. The van der Waals surface area contributed by atoms with Crippen LogP contribution in [0.25, 0.3) is 0 Å². The van der Waals surface area contributed by atoms with Crippen molar-refractivity contribution >= 4 is 18.0 Å². The minimum absolute atomic E-state index is 0.398. The van der Waals surface area contributed by atoms with Gasteiger partial charge in [-0.2, -0.15) is 5.26 Å². The molecule has 0 saturated carbocycles. The summed E-state index contributed by atoms with van der Waals surface area (Å²) in [6.45, 7) is 5.27. The van der Waals surface area contributed by atoms with E-state index in [4.69, 9.17) is 5.26 Å². The average molecular weight is 213 g/mol. The summed E-state index contributed by atoms with van der Waals surface area (Å²) in [5.41, 5.74) is 0.506. The van der Waals surface area contributed by atoms with Crippen LogP contribution in [0.2, 0.25) is 0 Å². The van der Waals surface area contributed by atoms with Crippen LogP contribution in [0.3, 0.4) is 0 Å². The fourth-order valence-electron chi connectivity index (χ4n) is 0.955. The first-order valence-electron chi connectivity index (χ1n) is 4.60. The molecule has 5 nitrogen and oxygen atoms in total. The largest absolute Gasteiger partial charge is 0.309 e. The lowest BCUT2D eigenvalue weighted by Gasteiger charge is -2.02. The lowest BCUT2D eigenvalue weighted by molar-refractivity contribution is 1.29. The highest BCUT2D eigenvalue weighted by molar-refractivity contribution is 5.97. The first-order chi connectivity index (χ1) is 7.80. The van der Waals surface area contributed by atoms with Gasteiger partial charge in [0.1, 0.15) is 11.9 Å². The Balaban J connectivity index is 2.82. The highest BCUT2D eigenvalue weighted by Gasteiger charge is 1.98. The van der Waals surface area contributed by atoms with Gasteiger partial charge in [-0.3, -0.25) is 0 Å². The topological polar surface area (TPSA) is 73.4 Å². The van der Waals surface area contributed by atoms with Gasteiger partial charge < -0.3 is 5.32 Å². The number of guanidine groups is 1. The van der Waals surface area contributed by atoms with Gasteiger partial charge in [0.05, 0.1) is 5.56 Å².